The molecule has 106 valence electrons. The van der Waals surface area contributed by atoms with Crippen molar-refractivity contribution in [3.05, 3.63) is 0 Å². The number of hydrogen-bond acceptors (Lipinski definition) is 4. The first-order chi connectivity index (χ1) is 8.05. The van der Waals surface area contributed by atoms with Crippen LogP contribution in [-0.4, -0.2) is 31.7 Å². The van der Waals surface area contributed by atoms with Crippen molar-refractivity contribution in [3.8, 4) is 0 Å². The van der Waals surface area contributed by atoms with E-state index in [2.05, 4.69) is 31.9 Å². The zero-order valence-electron chi connectivity index (χ0n) is 11.2. The van der Waals surface area contributed by atoms with E-state index in [1.54, 1.807) is 21.6 Å². The molecular weight excluding hydrogens is 400 g/mol. The Labute approximate surface area is 134 Å². The van der Waals surface area contributed by atoms with Crippen LogP contribution < -0.4 is 0 Å². The SMILES string of the molecule is CC(C)(Br)C(=O)CCSSCCC(=O)C(C)(C)Br. The highest BCUT2D eigenvalue weighted by atomic mass is 79.9. The van der Waals surface area contributed by atoms with Crippen LogP contribution in [0.1, 0.15) is 40.5 Å². The van der Waals surface area contributed by atoms with Crippen molar-refractivity contribution < 1.29 is 9.59 Å². The summed E-state index contributed by atoms with van der Waals surface area (Å²) < 4.78 is -0.845. The largest absolute Gasteiger partial charge is 0.298 e. The molecule has 0 heterocycles. The Bertz CT molecular complexity index is 263. The summed E-state index contributed by atoms with van der Waals surface area (Å²) in [5.41, 5.74) is 0. The highest BCUT2D eigenvalue weighted by Gasteiger charge is 2.23. The van der Waals surface area contributed by atoms with E-state index in [4.69, 9.17) is 0 Å². The fraction of sp³-hybridized carbons (Fsp3) is 0.833. The molecule has 0 saturated carbocycles. The van der Waals surface area contributed by atoms with E-state index >= 15 is 0 Å². The number of rotatable bonds is 9. The minimum Gasteiger partial charge on any atom is -0.298 e. The maximum atomic E-state index is 11.6. The third-order valence-electron chi connectivity index (χ3n) is 2.23. The van der Waals surface area contributed by atoms with Gasteiger partial charge in [0.25, 0.3) is 0 Å². The van der Waals surface area contributed by atoms with Crippen LogP contribution in [0.4, 0.5) is 0 Å². The molecule has 0 bridgehead atoms. The maximum Gasteiger partial charge on any atom is 0.149 e. The van der Waals surface area contributed by atoms with Gasteiger partial charge in [0.1, 0.15) is 11.6 Å². The zero-order chi connectivity index (χ0) is 14.4. The van der Waals surface area contributed by atoms with Gasteiger partial charge in [-0.1, -0.05) is 53.4 Å². The van der Waals surface area contributed by atoms with Crippen LogP contribution in [0.3, 0.4) is 0 Å². The third kappa shape index (κ3) is 8.99. The van der Waals surface area contributed by atoms with Crippen molar-refractivity contribution in [2.75, 3.05) is 11.5 Å². The molecule has 0 aliphatic heterocycles. The maximum absolute atomic E-state index is 11.6. The average Bonchev–Trinajstić information content (AvgIpc) is 2.19. The lowest BCUT2D eigenvalue weighted by atomic mass is 10.1. The number of carbonyl (C=O) groups excluding carboxylic acids is 2. The van der Waals surface area contributed by atoms with Gasteiger partial charge in [-0.2, -0.15) is 0 Å². The van der Waals surface area contributed by atoms with Crippen LogP contribution in [0, 0.1) is 0 Å². The normalized spacial score (nSPS) is 12.6. The van der Waals surface area contributed by atoms with Crippen molar-refractivity contribution in [1.82, 2.24) is 0 Å². The summed E-state index contributed by atoms with van der Waals surface area (Å²) in [7, 11) is 3.32. The van der Waals surface area contributed by atoms with E-state index in [1.165, 1.54) is 0 Å². The summed E-state index contributed by atoms with van der Waals surface area (Å²) in [5.74, 6) is 2.02. The molecule has 0 aliphatic carbocycles. The Morgan fingerprint density at radius 1 is 0.833 bits per heavy atom. The van der Waals surface area contributed by atoms with Crippen molar-refractivity contribution >= 4 is 65.0 Å². The van der Waals surface area contributed by atoms with Crippen molar-refractivity contribution in [3.63, 3.8) is 0 Å². The molecule has 6 heteroatoms. The fourth-order valence-corrected chi connectivity index (χ4v) is 3.36. The lowest BCUT2D eigenvalue weighted by Gasteiger charge is -2.14. The predicted molar refractivity (Wildman–Crippen MR) is 90.2 cm³/mol. The summed E-state index contributed by atoms with van der Waals surface area (Å²) >= 11 is 6.70. The smallest absolute Gasteiger partial charge is 0.149 e. The molecule has 0 aromatic rings. The van der Waals surface area contributed by atoms with E-state index < -0.39 is 8.65 Å². The van der Waals surface area contributed by atoms with E-state index in [0.717, 1.165) is 11.5 Å². The summed E-state index contributed by atoms with van der Waals surface area (Å²) in [6.07, 6.45) is 1.13. The molecule has 0 aliphatic rings. The molecule has 0 aromatic carbocycles. The van der Waals surface area contributed by atoms with Crippen molar-refractivity contribution in [2.45, 2.75) is 49.2 Å². The molecule has 0 rings (SSSR count). The van der Waals surface area contributed by atoms with Gasteiger partial charge in [0.2, 0.25) is 0 Å². The number of hydrogen-bond donors (Lipinski definition) is 0. The first kappa shape index (κ1) is 19.0. The van der Waals surface area contributed by atoms with Crippen LogP contribution in [-0.2, 0) is 9.59 Å². The second-order valence-electron chi connectivity index (χ2n) is 4.94. The molecule has 0 aromatic heterocycles. The monoisotopic (exact) mass is 418 g/mol. The van der Waals surface area contributed by atoms with Crippen LogP contribution in [0.2, 0.25) is 0 Å². The molecule has 0 spiro atoms. The van der Waals surface area contributed by atoms with Gasteiger partial charge >= 0.3 is 0 Å². The van der Waals surface area contributed by atoms with E-state index in [9.17, 15) is 9.59 Å². The molecular formula is C12H20Br2O2S2. The first-order valence-corrected chi connectivity index (χ1v) is 9.81. The standard InChI is InChI=1S/C12H20Br2O2S2/c1-11(2,13)9(15)5-7-17-18-8-6-10(16)12(3,4)14/h5-8H2,1-4H3. The van der Waals surface area contributed by atoms with Crippen LogP contribution >= 0.6 is 53.4 Å². The minimum atomic E-state index is -0.422. The second kappa shape index (κ2) is 8.32. The minimum absolute atomic E-state index is 0.216. The number of halogens is 2. The highest BCUT2D eigenvalue weighted by molar-refractivity contribution is 9.10. The highest BCUT2D eigenvalue weighted by Crippen LogP contribution is 2.27. The second-order valence-corrected chi connectivity index (χ2v) is 11.6. The van der Waals surface area contributed by atoms with E-state index in [-0.39, 0.29) is 11.6 Å². The lowest BCUT2D eigenvalue weighted by Crippen LogP contribution is -2.24. The molecule has 2 nitrogen and oxygen atoms in total. The quantitative estimate of drug-likeness (QED) is 0.310. The summed E-state index contributed by atoms with van der Waals surface area (Å²) in [5, 5.41) is 0. The van der Waals surface area contributed by atoms with Gasteiger partial charge in [-0.05, 0) is 27.7 Å². The lowest BCUT2D eigenvalue weighted by molar-refractivity contribution is -0.120. The molecule has 0 unspecified atom stereocenters. The van der Waals surface area contributed by atoms with Crippen LogP contribution in [0.25, 0.3) is 0 Å². The average molecular weight is 420 g/mol. The van der Waals surface area contributed by atoms with Crippen molar-refractivity contribution in [1.29, 1.82) is 0 Å². The van der Waals surface area contributed by atoms with Gasteiger partial charge in [-0.25, -0.2) is 0 Å². The van der Waals surface area contributed by atoms with Gasteiger partial charge < -0.3 is 0 Å². The third-order valence-corrected chi connectivity index (χ3v) is 5.53. The van der Waals surface area contributed by atoms with E-state index in [1.807, 2.05) is 27.7 Å². The summed E-state index contributed by atoms with van der Waals surface area (Å²) in [4.78, 5) is 23.2. The Hall–Kier alpha value is 1.000. The zero-order valence-corrected chi connectivity index (χ0v) is 16.0. The van der Waals surface area contributed by atoms with Gasteiger partial charge in [-0.3, -0.25) is 9.59 Å². The van der Waals surface area contributed by atoms with Crippen molar-refractivity contribution in [2.24, 2.45) is 0 Å². The Kier molecular flexibility index (Phi) is 8.79. The van der Waals surface area contributed by atoms with Gasteiger partial charge in [0.15, 0.2) is 0 Å². The topological polar surface area (TPSA) is 34.1 Å². The Morgan fingerprint density at radius 2 is 1.11 bits per heavy atom. The number of alkyl halides is 2. The molecule has 0 N–H and O–H groups in total. The molecule has 0 saturated heterocycles. The van der Waals surface area contributed by atoms with Crippen LogP contribution in [0.5, 0.6) is 0 Å². The molecule has 0 amide bonds. The number of carbonyl (C=O) groups is 2. The fourth-order valence-electron chi connectivity index (χ4n) is 0.981. The molecule has 0 fully saturated rings. The van der Waals surface area contributed by atoms with Gasteiger partial charge in [0, 0.05) is 24.3 Å². The van der Waals surface area contributed by atoms with Gasteiger partial charge in [0.05, 0.1) is 8.65 Å². The molecule has 18 heavy (non-hydrogen) atoms. The van der Waals surface area contributed by atoms with E-state index in [0.29, 0.717) is 12.8 Å². The molecule has 0 radical (unpaired) electrons. The van der Waals surface area contributed by atoms with Gasteiger partial charge in [-0.15, -0.1) is 0 Å². The number of ketones is 2. The number of Topliss-reactive ketones (excluding diaryl/α,β-unsaturated/α-hetero) is 2. The first-order valence-electron chi connectivity index (χ1n) is 5.74. The summed E-state index contributed by atoms with van der Waals surface area (Å²) in [6, 6.07) is 0. The Morgan fingerprint density at radius 3 is 1.33 bits per heavy atom. The van der Waals surface area contributed by atoms with Crippen LogP contribution in [0.15, 0.2) is 0 Å². The predicted octanol–water partition coefficient (Wildman–Crippen LogP) is 4.63. The summed E-state index contributed by atoms with van der Waals surface area (Å²) in [6.45, 7) is 7.46. The Balaban J connectivity index is 3.60. The molecule has 0 atom stereocenters.